The summed E-state index contributed by atoms with van der Waals surface area (Å²) in [5.41, 5.74) is 1.15. The van der Waals surface area contributed by atoms with Crippen LogP contribution in [0.25, 0.3) is 0 Å². The first-order chi connectivity index (χ1) is 7.95. The van der Waals surface area contributed by atoms with Crippen molar-refractivity contribution in [1.82, 2.24) is 0 Å². The molecule has 0 aromatic rings. The van der Waals surface area contributed by atoms with Crippen molar-refractivity contribution >= 4 is 0 Å². The van der Waals surface area contributed by atoms with E-state index < -0.39 is 0 Å². The minimum Gasteiger partial charge on any atom is -0.0620 e. The van der Waals surface area contributed by atoms with Crippen molar-refractivity contribution < 1.29 is 0 Å². The van der Waals surface area contributed by atoms with Gasteiger partial charge in [0.2, 0.25) is 0 Å². The zero-order chi connectivity index (χ0) is 14.5. The molecule has 0 aromatic heterocycles. The number of hydrogen-bond acceptors (Lipinski definition) is 0. The van der Waals surface area contributed by atoms with E-state index in [0.29, 0.717) is 10.8 Å². The van der Waals surface area contributed by atoms with E-state index in [-0.39, 0.29) is 0 Å². The smallest absolute Gasteiger partial charge is 0.0292 e. The van der Waals surface area contributed by atoms with Gasteiger partial charge in [-0.2, -0.15) is 0 Å². The Morgan fingerprint density at radius 1 is 0.444 bits per heavy atom. The first-order valence-electron chi connectivity index (χ1n) is 7.95. The van der Waals surface area contributed by atoms with Crippen LogP contribution in [0.1, 0.15) is 69.2 Å². The second-order valence-electron chi connectivity index (χ2n) is 8.52. The first kappa shape index (κ1) is 16.1. The molecule has 0 aliphatic heterocycles. The van der Waals surface area contributed by atoms with Gasteiger partial charge in [-0.05, 0) is 46.3 Å². The maximum atomic E-state index is 2.38. The highest BCUT2D eigenvalue weighted by Crippen LogP contribution is 2.62. The molecule has 18 heavy (non-hydrogen) atoms. The summed E-state index contributed by atoms with van der Waals surface area (Å²) in [6.45, 7) is 23.7. The van der Waals surface area contributed by atoms with Crippen molar-refractivity contribution in [3.63, 3.8) is 0 Å². The monoisotopic (exact) mass is 252 g/mol. The van der Waals surface area contributed by atoms with Crippen molar-refractivity contribution in [1.29, 1.82) is 0 Å². The molecule has 0 heteroatoms. The van der Waals surface area contributed by atoms with Gasteiger partial charge in [0.05, 0.1) is 0 Å². The fraction of sp³-hybridized carbons (Fsp3) is 1.00. The van der Waals surface area contributed by atoms with Gasteiger partial charge in [0, 0.05) is 0 Å². The van der Waals surface area contributed by atoms with Crippen LogP contribution in [0.15, 0.2) is 0 Å². The van der Waals surface area contributed by atoms with Crippen LogP contribution in [-0.2, 0) is 0 Å². The van der Waals surface area contributed by atoms with Gasteiger partial charge in [0.1, 0.15) is 0 Å². The summed E-state index contributed by atoms with van der Waals surface area (Å²) in [6, 6.07) is 0. The third-order valence-electron chi connectivity index (χ3n) is 7.78. The van der Waals surface area contributed by atoms with E-state index in [1.807, 2.05) is 0 Å². The molecule has 0 unspecified atom stereocenters. The fourth-order valence-corrected chi connectivity index (χ4v) is 4.34. The maximum absolute atomic E-state index is 2.38. The van der Waals surface area contributed by atoms with E-state index in [2.05, 4.69) is 69.2 Å². The van der Waals surface area contributed by atoms with Crippen LogP contribution in [0.5, 0.6) is 0 Å². The zero-order valence-electron chi connectivity index (χ0n) is 14.5. The SMILES string of the molecule is CC1C(C)(C)C(C)C1(C)C.CC1C(C)C(C)C1C. The Kier molecular flexibility index (Phi) is 4.31. The summed E-state index contributed by atoms with van der Waals surface area (Å²) < 4.78 is 0. The van der Waals surface area contributed by atoms with E-state index >= 15 is 0 Å². The molecule has 0 amide bonds. The minimum atomic E-state index is 0.573. The summed E-state index contributed by atoms with van der Waals surface area (Å²) in [5.74, 6) is 5.65. The standard InChI is InChI=1S/C10H20.C8H16/c1-7-9(3,4)8(2)10(7,5)6;1-5-6(2)8(4)7(5)3/h7-8H,1-6H3;5-8H,1-4H3. The summed E-state index contributed by atoms with van der Waals surface area (Å²) in [6.07, 6.45) is 0. The Balaban J connectivity index is 0.000000184. The second kappa shape index (κ2) is 4.84. The highest BCUT2D eigenvalue weighted by atomic mass is 14.6. The summed E-state index contributed by atoms with van der Waals surface area (Å²) in [5, 5.41) is 0. The van der Waals surface area contributed by atoms with E-state index in [4.69, 9.17) is 0 Å². The van der Waals surface area contributed by atoms with Gasteiger partial charge >= 0.3 is 0 Å². The molecule has 0 N–H and O–H groups in total. The third-order valence-corrected chi connectivity index (χ3v) is 7.78. The van der Waals surface area contributed by atoms with Crippen LogP contribution in [0.3, 0.4) is 0 Å². The molecular formula is C18H36. The molecule has 0 saturated heterocycles. The molecule has 0 bridgehead atoms. The second-order valence-corrected chi connectivity index (χ2v) is 8.52. The molecule has 0 aromatic carbocycles. The van der Waals surface area contributed by atoms with Crippen LogP contribution in [0.2, 0.25) is 0 Å². The highest BCUT2D eigenvalue weighted by molar-refractivity contribution is 5.04. The molecule has 2 fully saturated rings. The quantitative estimate of drug-likeness (QED) is 0.506. The van der Waals surface area contributed by atoms with Crippen LogP contribution in [0.4, 0.5) is 0 Å². The normalized spacial score (nSPS) is 48.3. The molecule has 0 radical (unpaired) electrons. The largest absolute Gasteiger partial charge is 0.0620 e. The van der Waals surface area contributed by atoms with Crippen molar-refractivity contribution in [3.8, 4) is 0 Å². The molecule has 2 saturated carbocycles. The molecular weight excluding hydrogens is 216 g/mol. The predicted molar refractivity (Wildman–Crippen MR) is 82.5 cm³/mol. The molecule has 108 valence electrons. The van der Waals surface area contributed by atoms with Crippen molar-refractivity contribution in [2.75, 3.05) is 0 Å². The lowest BCUT2D eigenvalue weighted by atomic mass is 9.42. The molecule has 2 rings (SSSR count). The molecule has 0 spiro atoms. The lowest BCUT2D eigenvalue weighted by molar-refractivity contribution is -0.141. The summed E-state index contributed by atoms with van der Waals surface area (Å²) >= 11 is 0. The maximum Gasteiger partial charge on any atom is -0.0292 e. The van der Waals surface area contributed by atoms with E-state index in [9.17, 15) is 0 Å². The van der Waals surface area contributed by atoms with Crippen LogP contribution in [-0.4, -0.2) is 0 Å². The Labute approximate surface area is 116 Å². The molecule has 0 nitrogen and oxygen atoms in total. The molecule has 0 atom stereocenters. The average Bonchev–Trinajstić information content (AvgIpc) is 2.34. The zero-order valence-corrected chi connectivity index (χ0v) is 14.5. The van der Waals surface area contributed by atoms with Crippen molar-refractivity contribution in [2.24, 2.45) is 46.3 Å². The lowest BCUT2D eigenvalue weighted by Gasteiger charge is -2.62. The van der Waals surface area contributed by atoms with Gasteiger partial charge in [-0.15, -0.1) is 0 Å². The van der Waals surface area contributed by atoms with Crippen LogP contribution in [0, 0.1) is 46.3 Å². The summed E-state index contributed by atoms with van der Waals surface area (Å²) in [7, 11) is 0. The fourth-order valence-electron chi connectivity index (χ4n) is 4.34. The van der Waals surface area contributed by atoms with Crippen LogP contribution >= 0.6 is 0 Å². The summed E-state index contributed by atoms with van der Waals surface area (Å²) in [4.78, 5) is 0. The van der Waals surface area contributed by atoms with Crippen molar-refractivity contribution in [3.05, 3.63) is 0 Å². The predicted octanol–water partition coefficient (Wildman–Crippen LogP) is 5.87. The van der Waals surface area contributed by atoms with E-state index in [0.717, 1.165) is 35.5 Å². The lowest BCUT2D eigenvalue weighted by Crippen LogP contribution is -2.56. The molecule has 2 aliphatic carbocycles. The van der Waals surface area contributed by atoms with E-state index in [1.165, 1.54) is 0 Å². The number of rotatable bonds is 0. The van der Waals surface area contributed by atoms with Gasteiger partial charge < -0.3 is 0 Å². The van der Waals surface area contributed by atoms with Crippen LogP contribution < -0.4 is 0 Å². The van der Waals surface area contributed by atoms with Gasteiger partial charge in [0.25, 0.3) is 0 Å². The van der Waals surface area contributed by atoms with Gasteiger partial charge in [-0.3, -0.25) is 0 Å². The van der Waals surface area contributed by atoms with Crippen molar-refractivity contribution in [2.45, 2.75) is 69.2 Å². The number of hydrogen-bond donors (Lipinski definition) is 0. The Morgan fingerprint density at radius 2 is 0.611 bits per heavy atom. The Bertz CT molecular complexity index is 224. The average molecular weight is 252 g/mol. The minimum absolute atomic E-state index is 0.573. The van der Waals surface area contributed by atoms with Gasteiger partial charge in [0.15, 0.2) is 0 Å². The molecule has 2 aliphatic rings. The van der Waals surface area contributed by atoms with Gasteiger partial charge in [-0.25, -0.2) is 0 Å². The van der Waals surface area contributed by atoms with Gasteiger partial charge in [-0.1, -0.05) is 69.2 Å². The Hall–Kier alpha value is 0. The first-order valence-corrected chi connectivity index (χ1v) is 7.95. The topological polar surface area (TPSA) is 0 Å². The van der Waals surface area contributed by atoms with E-state index in [1.54, 1.807) is 0 Å². The molecule has 0 heterocycles. The highest BCUT2D eigenvalue weighted by Gasteiger charge is 2.56. The Morgan fingerprint density at radius 3 is 0.722 bits per heavy atom. The third kappa shape index (κ3) is 2.25.